The summed E-state index contributed by atoms with van der Waals surface area (Å²) in [4.78, 5) is 16.0. The van der Waals surface area contributed by atoms with Crippen molar-refractivity contribution in [1.29, 1.82) is 0 Å². The molecule has 2 rings (SSSR count). The van der Waals surface area contributed by atoms with Gasteiger partial charge in [0.2, 0.25) is 11.8 Å². The molecule has 0 saturated carbocycles. The van der Waals surface area contributed by atoms with E-state index >= 15 is 0 Å². The summed E-state index contributed by atoms with van der Waals surface area (Å²) in [7, 11) is 0. The van der Waals surface area contributed by atoms with Crippen molar-refractivity contribution in [2.24, 2.45) is 5.73 Å². The molecule has 17 heavy (non-hydrogen) atoms. The summed E-state index contributed by atoms with van der Waals surface area (Å²) in [6.45, 7) is 3.09. The molecule has 0 fully saturated rings. The third kappa shape index (κ3) is 3.15. The van der Waals surface area contributed by atoms with E-state index in [1.165, 1.54) is 11.3 Å². The topological polar surface area (TPSA) is 81.1 Å². The molecule has 5 nitrogen and oxygen atoms in total. The minimum Gasteiger partial charge on any atom is -0.445 e. The van der Waals surface area contributed by atoms with Gasteiger partial charge in [-0.15, -0.1) is 11.3 Å². The highest BCUT2D eigenvalue weighted by atomic mass is 32.1. The first-order valence-electron chi connectivity index (χ1n) is 5.14. The smallest absolute Gasteiger partial charge is 0.249 e. The highest BCUT2D eigenvalue weighted by molar-refractivity contribution is 7.10. The summed E-state index contributed by atoms with van der Waals surface area (Å²) >= 11 is 1.50. The lowest BCUT2D eigenvalue weighted by molar-refractivity contribution is 0.100. The molecule has 6 heteroatoms. The molecule has 0 aromatic carbocycles. The molecule has 0 aliphatic carbocycles. The molecule has 0 spiro atoms. The predicted molar refractivity (Wildman–Crippen MR) is 64.6 cm³/mol. The number of carbonyl (C=O) groups is 1. The van der Waals surface area contributed by atoms with E-state index in [4.69, 9.17) is 10.2 Å². The maximum absolute atomic E-state index is 10.9. The van der Waals surface area contributed by atoms with E-state index in [9.17, 15) is 4.79 Å². The number of thiophene rings is 1. The highest BCUT2D eigenvalue weighted by Crippen LogP contribution is 2.14. The fraction of sp³-hybridized carbons (Fsp3) is 0.273. The van der Waals surface area contributed by atoms with Crippen LogP contribution in [0.25, 0.3) is 0 Å². The number of hydrogen-bond acceptors (Lipinski definition) is 5. The molecule has 0 bridgehead atoms. The molecule has 2 aromatic heterocycles. The van der Waals surface area contributed by atoms with Gasteiger partial charge in [0.25, 0.3) is 0 Å². The third-order valence-electron chi connectivity index (χ3n) is 2.18. The Bertz CT molecular complexity index is 518. The first-order valence-corrected chi connectivity index (χ1v) is 6.02. The number of nitrogens with two attached hydrogens (primary N) is 1. The minimum atomic E-state index is -0.393. The van der Waals surface area contributed by atoms with Crippen LogP contribution in [0.1, 0.15) is 26.9 Å². The lowest BCUT2D eigenvalue weighted by Crippen LogP contribution is -2.12. The number of aryl methyl sites for hydroxylation is 1. The normalized spacial score (nSPS) is 10.6. The second kappa shape index (κ2) is 5.11. The van der Waals surface area contributed by atoms with Crippen LogP contribution in [0.3, 0.4) is 0 Å². The van der Waals surface area contributed by atoms with Crippen molar-refractivity contribution >= 4 is 17.2 Å². The Morgan fingerprint density at radius 3 is 3.00 bits per heavy atom. The fourth-order valence-corrected chi connectivity index (χ4v) is 2.22. The van der Waals surface area contributed by atoms with Gasteiger partial charge in [-0.3, -0.25) is 4.79 Å². The van der Waals surface area contributed by atoms with Crippen molar-refractivity contribution in [3.8, 4) is 0 Å². The van der Waals surface area contributed by atoms with Gasteiger partial charge < -0.3 is 15.5 Å². The number of primary amides is 1. The Morgan fingerprint density at radius 1 is 1.59 bits per heavy atom. The summed E-state index contributed by atoms with van der Waals surface area (Å²) in [6, 6.07) is 1.79. The largest absolute Gasteiger partial charge is 0.445 e. The summed E-state index contributed by atoms with van der Waals surface area (Å²) < 4.78 is 5.32. The fourth-order valence-electron chi connectivity index (χ4n) is 1.38. The number of nitrogens with zero attached hydrogens (tertiary/aromatic N) is 1. The molecular weight excluding hydrogens is 238 g/mol. The molecule has 1 amide bonds. The van der Waals surface area contributed by atoms with Gasteiger partial charge in [0, 0.05) is 16.8 Å². The van der Waals surface area contributed by atoms with Gasteiger partial charge in [0.1, 0.15) is 5.76 Å². The van der Waals surface area contributed by atoms with E-state index in [1.807, 2.05) is 6.92 Å². The Labute approximate surface area is 103 Å². The number of hydrogen-bond donors (Lipinski definition) is 2. The Kier molecular flexibility index (Phi) is 3.55. The van der Waals surface area contributed by atoms with Crippen LogP contribution < -0.4 is 11.1 Å². The van der Waals surface area contributed by atoms with Gasteiger partial charge in [-0.05, 0) is 13.0 Å². The van der Waals surface area contributed by atoms with Crippen LogP contribution >= 0.6 is 11.3 Å². The zero-order valence-electron chi connectivity index (χ0n) is 9.40. The maximum atomic E-state index is 10.9. The summed E-state index contributed by atoms with van der Waals surface area (Å²) in [5.41, 5.74) is 5.73. The molecule has 2 aromatic rings. The van der Waals surface area contributed by atoms with Crippen LogP contribution in [0.4, 0.5) is 0 Å². The molecule has 0 unspecified atom stereocenters. The summed E-state index contributed by atoms with van der Waals surface area (Å²) in [5.74, 6) is 1.07. The minimum absolute atomic E-state index is 0.393. The molecule has 2 heterocycles. The summed E-state index contributed by atoms with van der Waals surface area (Å²) in [5, 5.41) is 4.94. The highest BCUT2D eigenvalue weighted by Gasteiger charge is 2.05. The standard InChI is InChI=1S/C11H13N3O2S/c1-7-3-14-10(16-7)5-13-4-9-2-8(6-17-9)11(12)15/h2-3,6,13H,4-5H2,1H3,(H2,12,15). The zero-order chi connectivity index (χ0) is 12.3. The number of aromatic nitrogens is 1. The molecule has 90 valence electrons. The van der Waals surface area contributed by atoms with Crippen molar-refractivity contribution in [2.75, 3.05) is 0 Å². The Morgan fingerprint density at radius 2 is 2.41 bits per heavy atom. The van der Waals surface area contributed by atoms with E-state index in [-0.39, 0.29) is 0 Å². The van der Waals surface area contributed by atoms with Gasteiger partial charge >= 0.3 is 0 Å². The molecule has 0 radical (unpaired) electrons. The Balaban J connectivity index is 1.83. The van der Waals surface area contributed by atoms with Crippen LogP contribution in [0.5, 0.6) is 0 Å². The molecule has 0 saturated heterocycles. The molecule has 0 aliphatic heterocycles. The quantitative estimate of drug-likeness (QED) is 0.842. The van der Waals surface area contributed by atoms with E-state index in [2.05, 4.69) is 10.3 Å². The molecule has 0 atom stereocenters. The van der Waals surface area contributed by atoms with Crippen molar-refractivity contribution in [3.05, 3.63) is 39.7 Å². The Hall–Kier alpha value is -1.66. The maximum Gasteiger partial charge on any atom is 0.249 e. The average Bonchev–Trinajstić information content (AvgIpc) is 2.88. The monoisotopic (exact) mass is 251 g/mol. The number of nitrogens with one attached hydrogen (secondary N) is 1. The molecule has 3 N–H and O–H groups in total. The second-order valence-corrected chi connectivity index (χ2v) is 4.63. The van der Waals surface area contributed by atoms with Crippen LogP contribution in [-0.4, -0.2) is 10.9 Å². The number of amides is 1. The number of oxazole rings is 1. The molecular formula is C11H13N3O2S. The number of carbonyl (C=O) groups excluding carboxylic acids is 1. The van der Waals surface area contributed by atoms with Crippen LogP contribution in [0.2, 0.25) is 0 Å². The first-order chi connectivity index (χ1) is 8.15. The van der Waals surface area contributed by atoms with Gasteiger partial charge in [-0.2, -0.15) is 0 Å². The summed E-state index contributed by atoms with van der Waals surface area (Å²) in [6.07, 6.45) is 1.69. The number of rotatable bonds is 5. The van der Waals surface area contributed by atoms with E-state index in [1.54, 1.807) is 17.6 Å². The van der Waals surface area contributed by atoms with Gasteiger partial charge in [-0.1, -0.05) is 0 Å². The van der Waals surface area contributed by atoms with Gasteiger partial charge in [-0.25, -0.2) is 4.98 Å². The van der Waals surface area contributed by atoms with Crippen molar-refractivity contribution in [1.82, 2.24) is 10.3 Å². The van der Waals surface area contributed by atoms with E-state index in [0.29, 0.717) is 24.5 Å². The van der Waals surface area contributed by atoms with Crippen molar-refractivity contribution < 1.29 is 9.21 Å². The first kappa shape index (κ1) is 11.8. The van der Waals surface area contributed by atoms with Crippen molar-refractivity contribution in [3.63, 3.8) is 0 Å². The predicted octanol–water partition coefficient (Wildman–Crippen LogP) is 1.43. The third-order valence-corrected chi connectivity index (χ3v) is 3.12. The van der Waals surface area contributed by atoms with E-state index < -0.39 is 5.91 Å². The zero-order valence-corrected chi connectivity index (χ0v) is 10.2. The van der Waals surface area contributed by atoms with Gasteiger partial charge in [0.05, 0.1) is 18.3 Å². The van der Waals surface area contributed by atoms with Crippen molar-refractivity contribution in [2.45, 2.75) is 20.0 Å². The lowest BCUT2D eigenvalue weighted by atomic mass is 10.3. The van der Waals surface area contributed by atoms with Crippen LogP contribution in [-0.2, 0) is 13.1 Å². The lowest BCUT2D eigenvalue weighted by Gasteiger charge is -1.98. The SMILES string of the molecule is Cc1cnc(CNCc2cc(C(N)=O)cs2)o1. The van der Waals surface area contributed by atoms with Gasteiger partial charge in [0.15, 0.2) is 0 Å². The van der Waals surface area contributed by atoms with Crippen LogP contribution in [0.15, 0.2) is 22.1 Å². The molecule has 0 aliphatic rings. The van der Waals surface area contributed by atoms with Crippen LogP contribution in [0, 0.1) is 6.92 Å². The second-order valence-electron chi connectivity index (χ2n) is 3.63. The average molecular weight is 251 g/mol. The van der Waals surface area contributed by atoms with E-state index in [0.717, 1.165) is 10.6 Å².